The highest BCUT2D eigenvalue weighted by Crippen LogP contribution is 2.19. The van der Waals surface area contributed by atoms with Gasteiger partial charge in [-0.25, -0.2) is 8.42 Å². The number of amides is 2. The summed E-state index contributed by atoms with van der Waals surface area (Å²) >= 11 is 5.94. The number of halogens is 1. The van der Waals surface area contributed by atoms with E-state index in [1.165, 1.54) is 30.4 Å². The van der Waals surface area contributed by atoms with Crippen molar-refractivity contribution < 1.29 is 18.0 Å². The van der Waals surface area contributed by atoms with Gasteiger partial charge in [-0.3, -0.25) is 9.59 Å². The fraction of sp³-hybridized carbons (Fsp3) is 0.545. The average Bonchev–Trinajstić information content (AvgIpc) is 2.72. The number of nitrogens with zero attached hydrogens (tertiary/aromatic N) is 2. The van der Waals surface area contributed by atoms with Gasteiger partial charge in [-0.1, -0.05) is 35.4 Å². The van der Waals surface area contributed by atoms with Gasteiger partial charge in [0.15, 0.2) is 0 Å². The molecule has 0 aromatic heterocycles. The van der Waals surface area contributed by atoms with Crippen molar-refractivity contribution >= 4 is 33.4 Å². The molecule has 2 amide bonds. The summed E-state index contributed by atoms with van der Waals surface area (Å²) in [6, 6.07) is 6.23. The van der Waals surface area contributed by atoms with Crippen LogP contribution in [0, 0.1) is 0 Å². The molecule has 0 spiro atoms. The molecule has 172 valence electrons. The van der Waals surface area contributed by atoms with Gasteiger partial charge in [0.25, 0.3) is 0 Å². The van der Waals surface area contributed by atoms with Crippen molar-refractivity contribution in [2.24, 2.45) is 0 Å². The molecule has 1 aliphatic carbocycles. The Balaban J connectivity index is 2.07. The van der Waals surface area contributed by atoms with Crippen LogP contribution in [0.3, 0.4) is 0 Å². The molecule has 0 saturated carbocycles. The highest BCUT2D eigenvalue weighted by Gasteiger charge is 2.28. The lowest BCUT2D eigenvalue weighted by Gasteiger charge is -2.30. The number of allylic oxidation sites excluding steroid dienone is 1. The van der Waals surface area contributed by atoms with E-state index in [-0.39, 0.29) is 19.0 Å². The Morgan fingerprint density at radius 3 is 2.45 bits per heavy atom. The van der Waals surface area contributed by atoms with Gasteiger partial charge in [0, 0.05) is 25.2 Å². The molecule has 0 saturated heterocycles. The molecule has 1 aliphatic rings. The van der Waals surface area contributed by atoms with E-state index >= 15 is 0 Å². The van der Waals surface area contributed by atoms with Crippen LogP contribution in [0.2, 0.25) is 5.02 Å². The zero-order chi connectivity index (χ0) is 23.0. The minimum atomic E-state index is -3.52. The quantitative estimate of drug-likeness (QED) is 0.534. The smallest absolute Gasteiger partial charge is 0.242 e. The molecule has 0 aliphatic heterocycles. The maximum absolute atomic E-state index is 12.9. The van der Waals surface area contributed by atoms with Crippen molar-refractivity contribution in [2.45, 2.75) is 51.6 Å². The lowest BCUT2D eigenvalue weighted by atomic mass is 9.97. The summed E-state index contributed by atoms with van der Waals surface area (Å²) < 4.78 is 24.4. The fourth-order valence-corrected chi connectivity index (χ4v) is 3.86. The van der Waals surface area contributed by atoms with Crippen LogP contribution in [0.5, 0.6) is 0 Å². The molecule has 0 fully saturated rings. The van der Waals surface area contributed by atoms with Crippen molar-refractivity contribution in [2.75, 3.05) is 26.4 Å². The number of nitrogens with one attached hydrogen (secondary N) is 1. The van der Waals surface area contributed by atoms with Gasteiger partial charge in [-0.2, -0.15) is 4.31 Å². The molecule has 7 nitrogen and oxygen atoms in total. The number of sulfonamides is 1. The third kappa shape index (κ3) is 8.27. The number of benzene rings is 1. The predicted octanol–water partition coefficient (Wildman–Crippen LogP) is 2.96. The van der Waals surface area contributed by atoms with E-state index in [0.717, 1.165) is 35.4 Å². The van der Waals surface area contributed by atoms with Gasteiger partial charge < -0.3 is 10.2 Å². The van der Waals surface area contributed by atoms with Crippen molar-refractivity contribution in [3.05, 3.63) is 46.5 Å². The van der Waals surface area contributed by atoms with Gasteiger partial charge in [0.2, 0.25) is 21.8 Å². The normalized spacial score (nSPS) is 15.3. The monoisotopic (exact) mass is 469 g/mol. The fourth-order valence-electron chi connectivity index (χ4n) is 3.39. The first-order chi connectivity index (χ1) is 14.6. The van der Waals surface area contributed by atoms with Crippen molar-refractivity contribution in [1.82, 2.24) is 14.5 Å². The Bertz CT molecular complexity index is 900. The summed E-state index contributed by atoms with van der Waals surface area (Å²) in [5, 5.41) is 3.49. The Morgan fingerprint density at radius 2 is 1.87 bits per heavy atom. The average molecular weight is 470 g/mol. The van der Waals surface area contributed by atoms with Gasteiger partial charge in [0.05, 0.1) is 12.8 Å². The lowest BCUT2D eigenvalue weighted by molar-refractivity contribution is -0.140. The molecule has 1 aromatic carbocycles. The molecule has 0 radical (unpaired) electrons. The molecular formula is C22H32ClN3O4S. The number of rotatable bonds is 10. The largest absolute Gasteiger partial charge is 0.354 e. The second kappa shape index (κ2) is 11.6. The zero-order valence-electron chi connectivity index (χ0n) is 18.4. The Morgan fingerprint density at radius 1 is 1.19 bits per heavy atom. The van der Waals surface area contributed by atoms with Crippen LogP contribution in [0.15, 0.2) is 35.9 Å². The number of hydrogen-bond donors (Lipinski definition) is 1. The van der Waals surface area contributed by atoms with Crippen molar-refractivity contribution in [3.63, 3.8) is 0 Å². The van der Waals surface area contributed by atoms with E-state index in [0.29, 0.717) is 11.6 Å². The van der Waals surface area contributed by atoms with Crippen LogP contribution in [0.1, 0.15) is 44.6 Å². The van der Waals surface area contributed by atoms with Crippen LogP contribution in [0.4, 0.5) is 0 Å². The highest BCUT2D eigenvalue weighted by molar-refractivity contribution is 7.88. The van der Waals surface area contributed by atoms with Crippen LogP contribution < -0.4 is 5.32 Å². The molecule has 1 atom stereocenters. The van der Waals surface area contributed by atoms with E-state index in [4.69, 9.17) is 11.6 Å². The standard InChI is InChI=1S/C22H32ClN3O4S/c1-17(22(28)24-14-13-18-7-5-4-6-8-18)26(15-19-9-11-20(23)12-10-19)21(27)16-25(2)31(3,29)30/h7,9-12,17H,4-6,8,13-16H2,1-3H3,(H,24,28)/t17-/m0/s1. The Labute approximate surface area is 190 Å². The van der Waals surface area contributed by atoms with Crippen LogP contribution in [-0.4, -0.2) is 61.9 Å². The number of carbonyl (C=O) groups excluding carboxylic acids is 2. The molecule has 0 unspecified atom stereocenters. The van der Waals surface area contributed by atoms with E-state index in [1.807, 2.05) is 0 Å². The zero-order valence-corrected chi connectivity index (χ0v) is 20.0. The first kappa shape index (κ1) is 25.4. The molecule has 1 N–H and O–H groups in total. The summed E-state index contributed by atoms with van der Waals surface area (Å²) in [6.07, 6.45) is 8.67. The molecule has 31 heavy (non-hydrogen) atoms. The SMILES string of the molecule is C[C@@H](C(=O)NCCC1=CCCCC1)N(Cc1ccc(Cl)cc1)C(=O)CN(C)S(C)(=O)=O. The molecule has 1 aromatic rings. The predicted molar refractivity (Wildman–Crippen MR) is 123 cm³/mol. The first-order valence-corrected chi connectivity index (χ1v) is 12.7. The summed E-state index contributed by atoms with van der Waals surface area (Å²) in [4.78, 5) is 27.1. The molecule has 2 rings (SSSR count). The van der Waals surface area contributed by atoms with Gasteiger partial charge in [-0.15, -0.1) is 0 Å². The second-order valence-electron chi connectivity index (χ2n) is 7.99. The highest BCUT2D eigenvalue weighted by atomic mass is 35.5. The van der Waals surface area contributed by atoms with Gasteiger partial charge in [0.1, 0.15) is 6.04 Å². The van der Waals surface area contributed by atoms with Crippen LogP contribution >= 0.6 is 11.6 Å². The molecule has 0 bridgehead atoms. The van der Waals surface area contributed by atoms with E-state index < -0.39 is 22.0 Å². The summed E-state index contributed by atoms with van der Waals surface area (Å²) in [7, 11) is -2.18. The lowest BCUT2D eigenvalue weighted by Crippen LogP contribution is -2.50. The molecule has 0 heterocycles. The number of likely N-dealkylation sites (N-methyl/N-ethyl adjacent to an activating group) is 1. The second-order valence-corrected chi connectivity index (χ2v) is 10.5. The van der Waals surface area contributed by atoms with Gasteiger partial charge >= 0.3 is 0 Å². The third-order valence-corrected chi connectivity index (χ3v) is 7.00. The van der Waals surface area contributed by atoms with E-state index in [1.54, 1.807) is 31.2 Å². The number of hydrogen-bond acceptors (Lipinski definition) is 4. The summed E-state index contributed by atoms with van der Waals surface area (Å²) in [5.74, 6) is -0.707. The molecular weight excluding hydrogens is 438 g/mol. The minimum Gasteiger partial charge on any atom is -0.354 e. The summed E-state index contributed by atoms with van der Waals surface area (Å²) in [5.41, 5.74) is 2.16. The Kier molecular flexibility index (Phi) is 9.53. The molecule has 9 heteroatoms. The number of carbonyl (C=O) groups is 2. The van der Waals surface area contributed by atoms with Crippen molar-refractivity contribution in [3.8, 4) is 0 Å². The summed E-state index contributed by atoms with van der Waals surface area (Å²) in [6.45, 7) is 2.01. The van der Waals surface area contributed by atoms with E-state index in [2.05, 4.69) is 11.4 Å². The van der Waals surface area contributed by atoms with Crippen LogP contribution in [-0.2, 0) is 26.2 Å². The Hall–Kier alpha value is -1.90. The first-order valence-electron chi connectivity index (χ1n) is 10.5. The van der Waals surface area contributed by atoms with Gasteiger partial charge in [-0.05, 0) is 56.7 Å². The maximum atomic E-state index is 12.9. The van der Waals surface area contributed by atoms with Crippen molar-refractivity contribution in [1.29, 1.82) is 0 Å². The third-order valence-electron chi connectivity index (χ3n) is 5.49. The van der Waals surface area contributed by atoms with E-state index in [9.17, 15) is 18.0 Å². The minimum absolute atomic E-state index is 0.174. The van der Waals surface area contributed by atoms with Crippen LogP contribution in [0.25, 0.3) is 0 Å². The topological polar surface area (TPSA) is 86.8 Å². The maximum Gasteiger partial charge on any atom is 0.242 e.